The Morgan fingerprint density at radius 3 is 2.68 bits per heavy atom. The first-order valence-corrected chi connectivity index (χ1v) is 7.33. The molecule has 0 bridgehead atoms. The molecule has 0 amide bonds. The summed E-state index contributed by atoms with van der Waals surface area (Å²) < 4.78 is 5.22. The summed E-state index contributed by atoms with van der Waals surface area (Å²) in [5.74, 6) is 0.922. The molecule has 1 aromatic carbocycles. The van der Waals surface area contributed by atoms with Crippen molar-refractivity contribution in [3.8, 4) is 5.75 Å². The maximum absolute atomic E-state index is 5.22. The molecule has 19 heavy (non-hydrogen) atoms. The molecule has 1 saturated heterocycles. The van der Waals surface area contributed by atoms with E-state index in [9.17, 15) is 0 Å². The van der Waals surface area contributed by atoms with Gasteiger partial charge in [-0.2, -0.15) is 0 Å². The number of hydrogen-bond acceptors (Lipinski definition) is 3. The topological polar surface area (TPSA) is 24.5 Å². The van der Waals surface area contributed by atoms with Crippen LogP contribution >= 0.6 is 0 Å². The second-order valence-electron chi connectivity index (χ2n) is 5.31. The lowest BCUT2D eigenvalue weighted by atomic mass is 10.1. The highest BCUT2D eigenvalue weighted by atomic mass is 16.5. The first-order valence-electron chi connectivity index (χ1n) is 7.33. The summed E-state index contributed by atoms with van der Waals surface area (Å²) in [5.41, 5.74) is 1.34. The van der Waals surface area contributed by atoms with Gasteiger partial charge in [0, 0.05) is 18.6 Å². The van der Waals surface area contributed by atoms with E-state index in [0.29, 0.717) is 6.04 Å². The predicted octanol–water partition coefficient (Wildman–Crippen LogP) is 2.83. The Kier molecular flexibility index (Phi) is 5.23. The van der Waals surface area contributed by atoms with Crippen LogP contribution in [0.15, 0.2) is 24.3 Å². The standard InChI is InChI=1S/C16H26N2O/c1-4-14-6-5-11-18(14)12-16(17-2)13-7-9-15(19-3)10-8-13/h7-10,14,16-17H,4-6,11-12H2,1-3H3. The number of methoxy groups -OCH3 is 1. The summed E-state index contributed by atoms with van der Waals surface area (Å²) in [4.78, 5) is 2.63. The van der Waals surface area contributed by atoms with Gasteiger partial charge in [-0.15, -0.1) is 0 Å². The Labute approximate surface area is 116 Å². The number of hydrogen-bond donors (Lipinski definition) is 1. The molecule has 2 rings (SSSR count). The fraction of sp³-hybridized carbons (Fsp3) is 0.625. The molecule has 3 nitrogen and oxygen atoms in total. The molecular formula is C16H26N2O. The SMILES string of the molecule is CCC1CCCN1CC(NC)c1ccc(OC)cc1. The van der Waals surface area contributed by atoms with Crippen molar-refractivity contribution in [3.05, 3.63) is 29.8 Å². The molecule has 106 valence electrons. The van der Waals surface area contributed by atoms with Crippen molar-refractivity contribution in [2.45, 2.75) is 38.3 Å². The summed E-state index contributed by atoms with van der Waals surface area (Å²) in [5, 5.41) is 3.44. The van der Waals surface area contributed by atoms with Crippen molar-refractivity contribution in [2.24, 2.45) is 0 Å². The van der Waals surface area contributed by atoms with Crippen LogP contribution < -0.4 is 10.1 Å². The minimum atomic E-state index is 0.401. The second-order valence-corrected chi connectivity index (χ2v) is 5.31. The lowest BCUT2D eigenvalue weighted by Gasteiger charge is -2.28. The number of likely N-dealkylation sites (N-methyl/N-ethyl adjacent to an activating group) is 1. The Morgan fingerprint density at radius 2 is 2.11 bits per heavy atom. The van der Waals surface area contributed by atoms with Gasteiger partial charge in [0.25, 0.3) is 0 Å². The van der Waals surface area contributed by atoms with Gasteiger partial charge in [0.05, 0.1) is 7.11 Å². The summed E-state index contributed by atoms with van der Waals surface area (Å²) in [6, 6.07) is 9.59. The van der Waals surface area contributed by atoms with E-state index in [1.54, 1.807) is 7.11 Å². The van der Waals surface area contributed by atoms with Crippen LogP contribution in [-0.2, 0) is 0 Å². The first-order chi connectivity index (χ1) is 9.28. The Bertz CT molecular complexity index is 377. The monoisotopic (exact) mass is 262 g/mol. The highest BCUT2D eigenvalue weighted by Gasteiger charge is 2.25. The van der Waals surface area contributed by atoms with Gasteiger partial charge in [-0.05, 0) is 50.6 Å². The Balaban J connectivity index is 2.02. The van der Waals surface area contributed by atoms with Gasteiger partial charge >= 0.3 is 0 Å². The summed E-state index contributed by atoms with van der Waals surface area (Å²) in [6.45, 7) is 4.64. The minimum absolute atomic E-state index is 0.401. The quantitative estimate of drug-likeness (QED) is 0.853. The fourth-order valence-corrected chi connectivity index (χ4v) is 3.03. The average molecular weight is 262 g/mol. The lowest BCUT2D eigenvalue weighted by Crippen LogP contribution is -2.36. The average Bonchev–Trinajstić information content (AvgIpc) is 2.92. The van der Waals surface area contributed by atoms with Crippen LogP contribution in [0.4, 0.5) is 0 Å². The Morgan fingerprint density at radius 1 is 1.37 bits per heavy atom. The van der Waals surface area contributed by atoms with E-state index in [1.165, 1.54) is 31.4 Å². The molecular weight excluding hydrogens is 236 g/mol. The molecule has 0 aliphatic carbocycles. The van der Waals surface area contributed by atoms with Crippen molar-refractivity contribution in [3.63, 3.8) is 0 Å². The molecule has 0 radical (unpaired) electrons. The molecule has 1 N–H and O–H groups in total. The molecule has 1 heterocycles. The summed E-state index contributed by atoms with van der Waals surface area (Å²) >= 11 is 0. The van der Waals surface area contributed by atoms with Crippen LogP contribution in [0, 0.1) is 0 Å². The van der Waals surface area contributed by atoms with E-state index in [2.05, 4.69) is 29.3 Å². The molecule has 2 atom stereocenters. The Hall–Kier alpha value is -1.06. The zero-order valence-electron chi connectivity index (χ0n) is 12.4. The van der Waals surface area contributed by atoms with Gasteiger partial charge in [0.15, 0.2) is 0 Å². The third kappa shape index (κ3) is 3.48. The molecule has 0 saturated carbocycles. The van der Waals surface area contributed by atoms with E-state index in [1.807, 2.05) is 19.2 Å². The van der Waals surface area contributed by atoms with Crippen molar-refractivity contribution in [1.29, 1.82) is 0 Å². The number of benzene rings is 1. The lowest BCUT2D eigenvalue weighted by molar-refractivity contribution is 0.224. The maximum atomic E-state index is 5.22. The molecule has 1 aliphatic heterocycles. The number of likely N-dealkylation sites (tertiary alicyclic amines) is 1. The number of ether oxygens (including phenoxy) is 1. The van der Waals surface area contributed by atoms with Crippen molar-refractivity contribution in [1.82, 2.24) is 10.2 Å². The fourth-order valence-electron chi connectivity index (χ4n) is 3.03. The molecule has 1 aliphatic rings. The van der Waals surface area contributed by atoms with E-state index in [0.717, 1.165) is 18.3 Å². The summed E-state index contributed by atoms with van der Waals surface area (Å²) in [7, 11) is 3.76. The molecule has 3 heteroatoms. The summed E-state index contributed by atoms with van der Waals surface area (Å²) in [6.07, 6.45) is 3.96. The number of nitrogens with zero attached hydrogens (tertiary/aromatic N) is 1. The van der Waals surface area contributed by atoms with Crippen LogP contribution in [0.5, 0.6) is 5.75 Å². The van der Waals surface area contributed by atoms with E-state index >= 15 is 0 Å². The van der Waals surface area contributed by atoms with E-state index in [-0.39, 0.29) is 0 Å². The zero-order chi connectivity index (χ0) is 13.7. The maximum Gasteiger partial charge on any atom is 0.118 e. The highest BCUT2D eigenvalue weighted by molar-refractivity contribution is 5.29. The number of rotatable bonds is 6. The molecule has 0 spiro atoms. The highest BCUT2D eigenvalue weighted by Crippen LogP contribution is 2.24. The smallest absolute Gasteiger partial charge is 0.118 e. The largest absolute Gasteiger partial charge is 0.497 e. The predicted molar refractivity (Wildman–Crippen MR) is 79.7 cm³/mol. The zero-order valence-corrected chi connectivity index (χ0v) is 12.4. The molecule has 1 fully saturated rings. The third-order valence-electron chi connectivity index (χ3n) is 4.25. The van der Waals surface area contributed by atoms with E-state index < -0.39 is 0 Å². The second kappa shape index (κ2) is 6.92. The van der Waals surface area contributed by atoms with Crippen molar-refractivity contribution >= 4 is 0 Å². The van der Waals surface area contributed by atoms with Crippen LogP contribution in [0.25, 0.3) is 0 Å². The first kappa shape index (κ1) is 14.4. The minimum Gasteiger partial charge on any atom is -0.497 e. The van der Waals surface area contributed by atoms with Gasteiger partial charge in [-0.3, -0.25) is 4.90 Å². The van der Waals surface area contributed by atoms with Crippen LogP contribution in [0.3, 0.4) is 0 Å². The van der Waals surface area contributed by atoms with Crippen LogP contribution in [0.1, 0.15) is 37.8 Å². The van der Waals surface area contributed by atoms with Crippen molar-refractivity contribution < 1.29 is 4.74 Å². The number of nitrogens with one attached hydrogen (secondary N) is 1. The third-order valence-corrected chi connectivity index (χ3v) is 4.25. The van der Waals surface area contributed by atoms with Gasteiger partial charge in [-0.1, -0.05) is 19.1 Å². The molecule has 2 unspecified atom stereocenters. The van der Waals surface area contributed by atoms with Gasteiger partial charge in [0.1, 0.15) is 5.75 Å². The van der Waals surface area contributed by atoms with Crippen LogP contribution in [0.2, 0.25) is 0 Å². The van der Waals surface area contributed by atoms with Gasteiger partial charge < -0.3 is 10.1 Å². The van der Waals surface area contributed by atoms with Gasteiger partial charge in [-0.25, -0.2) is 0 Å². The van der Waals surface area contributed by atoms with Gasteiger partial charge in [0.2, 0.25) is 0 Å². The molecule has 1 aromatic rings. The van der Waals surface area contributed by atoms with Crippen LogP contribution in [-0.4, -0.2) is 38.2 Å². The molecule has 0 aromatic heterocycles. The normalized spacial score (nSPS) is 21.5. The van der Waals surface area contributed by atoms with Crippen molar-refractivity contribution in [2.75, 3.05) is 27.2 Å². The van der Waals surface area contributed by atoms with E-state index in [4.69, 9.17) is 4.74 Å².